The lowest BCUT2D eigenvalue weighted by molar-refractivity contribution is 0.394. The van der Waals surface area contributed by atoms with Crippen LogP contribution in [-0.4, -0.2) is 20.5 Å². The van der Waals surface area contributed by atoms with Crippen molar-refractivity contribution in [3.8, 4) is 11.5 Å². The van der Waals surface area contributed by atoms with Crippen LogP contribution in [0.3, 0.4) is 0 Å². The number of hydrogen-bond acceptors (Lipinski definition) is 3. The first-order valence-corrected chi connectivity index (χ1v) is 4.80. The average molecular weight is 184 g/mol. The molecule has 0 amide bonds. The van der Waals surface area contributed by atoms with Gasteiger partial charge in [-0.15, -0.1) is 11.8 Å². The van der Waals surface area contributed by atoms with E-state index in [2.05, 4.69) is 0 Å². The summed E-state index contributed by atoms with van der Waals surface area (Å²) in [7, 11) is 3.33. The van der Waals surface area contributed by atoms with E-state index in [-0.39, 0.29) is 0 Å². The van der Waals surface area contributed by atoms with Gasteiger partial charge in [-0.25, -0.2) is 0 Å². The first-order chi connectivity index (χ1) is 5.81. The molecule has 0 atom stereocenters. The molecule has 0 saturated heterocycles. The van der Waals surface area contributed by atoms with Gasteiger partial charge in [0.05, 0.1) is 19.1 Å². The third-order valence-electron chi connectivity index (χ3n) is 1.59. The van der Waals surface area contributed by atoms with Crippen molar-refractivity contribution in [2.45, 2.75) is 4.90 Å². The van der Waals surface area contributed by atoms with Gasteiger partial charge >= 0.3 is 0 Å². The van der Waals surface area contributed by atoms with Gasteiger partial charge in [0.2, 0.25) is 0 Å². The second-order valence-electron chi connectivity index (χ2n) is 2.22. The maximum Gasteiger partial charge on any atom is 0.132 e. The normalized spacial score (nSPS) is 9.58. The van der Waals surface area contributed by atoms with E-state index in [4.69, 9.17) is 9.47 Å². The summed E-state index contributed by atoms with van der Waals surface area (Å²) in [5.41, 5.74) is 0. The van der Waals surface area contributed by atoms with Crippen molar-refractivity contribution in [2.24, 2.45) is 0 Å². The van der Waals surface area contributed by atoms with Gasteiger partial charge in [0.1, 0.15) is 11.5 Å². The van der Waals surface area contributed by atoms with Gasteiger partial charge in [-0.2, -0.15) is 0 Å². The van der Waals surface area contributed by atoms with E-state index in [1.165, 1.54) is 0 Å². The second kappa shape index (κ2) is 4.26. The third kappa shape index (κ3) is 1.85. The van der Waals surface area contributed by atoms with Gasteiger partial charge in [-0.1, -0.05) is 0 Å². The molecule has 0 fully saturated rings. The Labute approximate surface area is 76.9 Å². The number of hydrogen-bond donors (Lipinski definition) is 0. The molecule has 0 aliphatic heterocycles. The predicted octanol–water partition coefficient (Wildman–Crippen LogP) is 2.43. The molecule has 1 aromatic rings. The molecule has 0 spiro atoms. The van der Waals surface area contributed by atoms with Gasteiger partial charge < -0.3 is 9.47 Å². The van der Waals surface area contributed by atoms with E-state index < -0.39 is 0 Å². The lowest BCUT2D eigenvalue weighted by Crippen LogP contribution is -1.87. The Balaban J connectivity index is 3.02. The maximum absolute atomic E-state index is 5.16. The third-order valence-corrected chi connectivity index (χ3v) is 2.35. The average Bonchev–Trinajstić information content (AvgIpc) is 2.16. The summed E-state index contributed by atoms with van der Waals surface area (Å²) >= 11 is 1.64. The van der Waals surface area contributed by atoms with Crippen LogP contribution in [0.2, 0.25) is 0 Å². The molecular formula is C9H12O2S. The summed E-state index contributed by atoms with van der Waals surface area (Å²) in [6.45, 7) is 0. The van der Waals surface area contributed by atoms with E-state index in [1.54, 1.807) is 26.0 Å². The molecule has 0 heterocycles. The smallest absolute Gasteiger partial charge is 0.132 e. The van der Waals surface area contributed by atoms with Gasteiger partial charge in [0, 0.05) is 0 Å². The Hall–Kier alpha value is -0.830. The molecule has 0 aliphatic carbocycles. The first-order valence-electron chi connectivity index (χ1n) is 3.58. The van der Waals surface area contributed by atoms with Crippen molar-refractivity contribution in [2.75, 3.05) is 20.5 Å². The highest BCUT2D eigenvalue weighted by atomic mass is 32.2. The Morgan fingerprint density at radius 3 is 2.42 bits per heavy atom. The molecule has 1 rings (SSSR count). The summed E-state index contributed by atoms with van der Waals surface area (Å²) in [5.74, 6) is 1.75. The fourth-order valence-electron chi connectivity index (χ4n) is 0.944. The van der Waals surface area contributed by atoms with Gasteiger partial charge in [0.15, 0.2) is 0 Å². The van der Waals surface area contributed by atoms with Crippen LogP contribution in [0.1, 0.15) is 0 Å². The first kappa shape index (κ1) is 9.26. The van der Waals surface area contributed by atoms with Crippen molar-refractivity contribution in [1.29, 1.82) is 0 Å². The molecule has 0 saturated carbocycles. The van der Waals surface area contributed by atoms with E-state index >= 15 is 0 Å². The number of ether oxygens (including phenoxy) is 2. The Morgan fingerprint density at radius 2 is 1.92 bits per heavy atom. The highest BCUT2D eigenvalue weighted by Crippen LogP contribution is 2.30. The SMILES string of the molecule is COc1ccc(OC)c(SC)c1. The molecule has 0 N–H and O–H groups in total. The molecular weight excluding hydrogens is 172 g/mol. The molecule has 0 aliphatic rings. The zero-order valence-electron chi connectivity index (χ0n) is 7.46. The van der Waals surface area contributed by atoms with Crippen LogP contribution in [0.25, 0.3) is 0 Å². The fraction of sp³-hybridized carbons (Fsp3) is 0.333. The van der Waals surface area contributed by atoms with Crippen LogP contribution in [-0.2, 0) is 0 Å². The highest BCUT2D eigenvalue weighted by molar-refractivity contribution is 7.98. The molecule has 12 heavy (non-hydrogen) atoms. The Kier molecular flexibility index (Phi) is 3.29. The number of methoxy groups -OCH3 is 2. The molecule has 0 unspecified atom stereocenters. The summed E-state index contributed by atoms with van der Waals surface area (Å²) in [5, 5.41) is 0. The summed E-state index contributed by atoms with van der Waals surface area (Å²) in [4.78, 5) is 1.09. The molecule has 0 aromatic heterocycles. The van der Waals surface area contributed by atoms with Crippen LogP contribution in [0, 0.1) is 0 Å². The van der Waals surface area contributed by atoms with Crippen LogP contribution < -0.4 is 9.47 Å². The summed E-state index contributed by atoms with van der Waals surface area (Å²) in [6.07, 6.45) is 2.01. The van der Waals surface area contributed by atoms with Crippen molar-refractivity contribution < 1.29 is 9.47 Å². The molecule has 0 radical (unpaired) electrons. The minimum atomic E-state index is 0.861. The van der Waals surface area contributed by atoms with Crippen LogP contribution in [0.4, 0.5) is 0 Å². The van der Waals surface area contributed by atoms with E-state index in [0.29, 0.717) is 0 Å². The number of thioether (sulfide) groups is 1. The zero-order chi connectivity index (χ0) is 8.97. The van der Waals surface area contributed by atoms with E-state index in [1.807, 2.05) is 24.5 Å². The van der Waals surface area contributed by atoms with Crippen LogP contribution >= 0.6 is 11.8 Å². The second-order valence-corrected chi connectivity index (χ2v) is 3.07. The van der Waals surface area contributed by atoms with Crippen molar-refractivity contribution >= 4 is 11.8 Å². The van der Waals surface area contributed by atoms with Gasteiger partial charge in [-0.3, -0.25) is 0 Å². The van der Waals surface area contributed by atoms with E-state index in [0.717, 1.165) is 16.4 Å². The van der Waals surface area contributed by atoms with Gasteiger partial charge in [-0.05, 0) is 24.5 Å². The zero-order valence-corrected chi connectivity index (χ0v) is 8.27. The molecule has 3 heteroatoms. The topological polar surface area (TPSA) is 18.5 Å². The highest BCUT2D eigenvalue weighted by Gasteiger charge is 2.02. The van der Waals surface area contributed by atoms with Crippen molar-refractivity contribution in [1.82, 2.24) is 0 Å². The Bertz CT molecular complexity index is 261. The Morgan fingerprint density at radius 1 is 1.17 bits per heavy atom. The molecule has 2 nitrogen and oxygen atoms in total. The minimum Gasteiger partial charge on any atom is -0.497 e. The van der Waals surface area contributed by atoms with Gasteiger partial charge in [0.25, 0.3) is 0 Å². The molecule has 0 bridgehead atoms. The maximum atomic E-state index is 5.16. The number of rotatable bonds is 3. The molecule has 66 valence electrons. The quantitative estimate of drug-likeness (QED) is 0.672. The summed E-state index contributed by atoms with van der Waals surface area (Å²) in [6, 6.07) is 5.76. The minimum absolute atomic E-state index is 0.861. The molecule has 1 aromatic carbocycles. The van der Waals surface area contributed by atoms with Crippen molar-refractivity contribution in [3.05, 3.63) is 18.2 Å². The van der Waals surface area contributed by atoms with Crippen LogP contribution in [0.15, 0.2) is 23.1 Å². The van der Waals surface area contributed by atoms with E-state index in [9.17, 15) is 0 Å². The lowest BCUT2D eigenvalue weighted by Gasteiger charge is -2.07. The summed E-state index contributed by atoms with van der Waals surface area (Å²) < 4.78 is 10.2. The fourth-order valence-corrected chi connectivity index (χ4v) is 1.53. The lowest BCUT2D eigenvalue weighted by atomic mass is 10.3. The standard InChI is InChI=1S/C9H12O2S/c1-10-7-4-5-8(11-2)9(6-7)12-3/h4-6H,1-3H3. The van der Waals surface area contributed by atoms with Crippen LogP contribution in [0.5, 0.6) is 11.5 Å². The number of benzene rings is 1. The largest absolute Gasteiger partial charge is 0.497 e. The predicted molar refractivity (Wildman–Crippen MR) is 51.3 cm³/mol. The monoisotopic (exact) mass is 184 g/mol. The van der Waals surface area contributed by atoms with Crippen molar-refractivity contribution in [3.63, 3.8) is 0 Å².